The highest BCUT2D eigenvalue weighted by Crippen LogP contribution is 2.32. The lowest BCUT2D eigenvalue weighted by atomic mass is 10.1. The number of rotatable bonds is 3. The van der Waals surface area contributed by atoms with Crippen molar-refractivity contribution in [1.29, 1.82) is 0 Å². The van der Waals surface area contributed by atoms with Crippen LogP contribution in [0.1, 0.15) is 17.3 Å². The predicted molar refractivity (Wildman–Crippen MR) is 76.2 cm³/mol. The van der Waals surface area contributed by atoms with Gasteiger partial charge < -0.3 is 5.32 Å². The summed E-state index contributed by atoms with van der Waals surface area (Å²) in [6, 6.07) is 12.6. The van der Waals surface area contributed by atoms with Gasteiger partial charge in [-0.05, 0) is 31.2 Å². The fraction of sp³-hybridized carbons (Fsp3) is 0.0714. The van der Waals surface area contributed by atoms with Crippen molar-refractivity contribution in [3.63, 3.8) is 0 Å². The number of Topliss-reactive ketones (excluding diaryl/α,β-unsaturated/α-hetero) is 1. The molecule has 18 heavy (non-hydrogen) atoms. The number of benzene rings is 2. The van der Waals surface area contributed by atoms with Crippen molar-refractivity contribution >= 4 is 40.4 Å². The highest BCUT2D eigenvalue weighted by atomic mass is 35.5. The zero-order valence-corrected chi connectivity index (χ0v) is 11.2. The first-order valence-electron chi connectivity index (χ1n) is 5.40. The van der Waals surface area contributed by atoms with Crippen molar-refractivity contribution in [2.45, 2.75) is 6.92 Å². The van der Waals surface area contributed by atoms with Gasteiger partial charge in [0.25, 0.3) is 0 Å². The Morgan fingerprint density at radius 3 is 2.39 bits per heavy atom. The number of carbonyl (C=O) groups is 1. The van der Waals surface area contributed by atoms with Crippen LogP contribution in [-0.4, -0.2) is 5.78 Å². The van der Waals surface area contributed by atoms with E-state index in [2.05, 4.69) is 5.32 Å². The van der Waals surface area contributed by atoms with E-state index in [0.29, 0.717) is 27.0 Å². The molecule has 2 aromatic carbocycles. The van der Waals surface area contributed by atoms with Crippen LogP contribution in [0.5, 0.6) is 0 Å². The average molecular weight is 280 g/mol. The molecule has 0 spiro atoms. The zero-order chi connectivity index (χ0) is 13.1. The molecular weight excluding hydrogens is 269 g/mol. The molecule has 0 radical (unpaired) electrons. The molecule has 0 aliphatic heterocycles. The number of nitrogens with one attached hydrogen (secondary N) is 1. The molecule has 4 heteroatoms. The first-order chi connectivity index (χ1) is 8.59. The topological polar surface area (TPSA) is 29.1 Å². The molecule has 2 nitrogen and oxygen atoms in total. The zero-order valence-electron chi connectivity index (χ0n) is 9.71. The Morgan fingerprint density at radius 2 is 1.67 bits per heavy atom. The predicted octanol–water partition coefficient (Wildman–Crippen LogP) is 4.94. The monoisotopic (exact) mass is 279 g/mol. The standard InChI is InChI=1S/C14H11Cl2NO/c1-9(18)10-5-2-3-7-12(10)17-13-8-4-6-11(15)14(13)16/h2-8,17H,1H3. The number of hydrogen-bond acceptors (Lipinski definition) is 2. The first-order valence-corrected chi connectivity index (χ1v) is 6.16. The third-order valence-corrected chi connectivity index (χ3v) is 3.35. The molecule has 2 rings (SSSR count). The number of ketones is 1. The van der Waals surface area contributed by atoms with Crippen LogP contribution in [-0.2, 0) is 0 Å². The van der Waals surface area contributed by atoms with E-state index in [0.717, 1.165) is 0 Å². The summed E-state index contributed by atoms with van der Waals surface area (Å²) in [4.78, 5) is 11.5. The Morgan fingerprint density at radius 1 is 1.00 bits per heavy atom. The van der Waals surface area contributed by atoms with Crippen molar-refractivity contribution in [2.24, 2.45) is 0 Å². The second-order valence-corrected chi connectivity index (χ2v) is 4.61. The van der Waals surface area contributed by atoms with Crippen molar-refractivity contribution in [3.8, 4) is 0 Å². The number of hydrogen-bond donors (Lipinski definition) is 1. The SMILES string of the molecule is CC(=O)c1ccccc1Nc1cccc(Cl)c1Cl. The number of anilines is 2. The van der Waals surface area contributed by atoms with Crippen molar-refractivity contribution in [3.05, 3.63) is 58.1 Å². The summed E-state index contributed by atoms with van der Waals surface area (Å²) in [7, 11) is 0. The highest BCUT2D eigenvalue weighted by Gasteiger charge is 2.09. The van der Waals surface area contributed by atoms with Crippen molar-refractivity contribution in [1.82, 2.24) is 0 Å². The van der Waals surface area contributed by atoms with Gasteiger partial charge in [-0.15, -0.1) is 0 Å². The van der Waals surface area contributed by atoms with Crippen LogP contribution in [0.2, 0.25) is 10.0 Å². The van der Waals surface area contributed by atoms with Crippen LogP contribution in [0.3, 0.4) is 0 Å². The van der Waals surface area contributed by atoms with Crippen LogP contribution in [0.4, 0.5) is 11.4 Å². The summed E-state index contributed by atoms with van der Waals surface area (Å²) in [5.41, 5.74) is 2.01. The smallest absolute Gasteiger partial charge is 0.161 e. The maximum absolute atomic E-state index is 11.5. The van der Waals surface area contributed by atoms with Gasteiger partial charge in [0, 0.05) is 11.3 Å². The van der Waals surface area contributed by atoms with E-state index in [1.54, 1.807) is 18.2 Å². The second-order valence-electron chi connectivity index (χ2n) is 3.83. The Labute approximate surface area is 116 Å². The molecule has 92 valence electrons. The van der Waals surface area contributed by atoms with Gasteiger partial charge in [-0.2, -0.15) is 0 Å². The van der Waals surface area contributed by atoms with Gasteiger partial charge in [-0.3, -0.25) is 4.79 Å². The minimum absolute atomic E-state index is 0.00347. The molecule has 0 unspecified atom stereocenters. The second kappa shape index (κ2) is 5.42. The third kappa shape index (κ3) is 2.66. The van der Waals surface area contributed by atoms with Crippen LogP contribution in [0, 0.1) is 0 Å². The molecule has 2 aromatic rings. The minimum Gasteiger partial charge on any atom is -0.354 e. The van der Waals surface area contributed by atoms with Crippen LogP contribution in [0.25, 0.3) is 0 Å². The van der Waals surface area contributed by atoms with Crippen LogP contribution < -0.4 is 5.32 Å². The molecule has 0 bridgehead atoms. The molecule has 0 aromatic heterocycles. The van der Waals surface area contributed by atoms with Gasteiger partial charge >= 0.3 is 0 Å². The summed E-state index contributed by atoms with van der Waals surface area (Å²) < 4.78 is 0. The van der Waals surface area contributed by atoms with Gasteiger partial charge in [0.15, 0.2) is 5.78 Å². The van der Waals surface area contributed by atoms with E-state index >= 15 is 0 Å². The summed E-state index contributed by atoms with van der Waals surface area (Å²) in [5.74, 6) is -0.00347. The van der Waals surface area contributed by atoms with Gasteiger partial charge in [0.1, 0.15) is 0 Å². The molecule has 0 amide bonds. The Balaban J connectivity index is 2.40. The van der Waals surface area contributed by atoms with E-state index in [-0.39, 0.29) is 5.78 Å². The molecule has 0 fully saturated rings. The lowest BCUT2D eigenvalue weighted by Crippen LogP contribution is -2.00. The number of carbonyl (C=O) groups excluding carboxylic acids is 1. The average Bonchev–Trinajstić information content (AvgIpc) is 2.35. The van der Waals surface area contributed by atoms with Crippen molar-refractivity contribution < 1.29 is 4.79 Å². The molecular formula is C14H11Cl2NO. The van der Waals surface area contributed by atoms with E-state index in [1.165, 1.54) is 6.92 Å². The van der Waals surface area contributed by atoms with E-state index in [9.17, 15) is 4.79 Å². The quantitative estimate of drug-likeness (QED) is 0.807. The van der Waals surface area contributed by atoms with Crippen LogP contribution in [0.15, 0.2) is 42.5 Å². The largest absolute Gasteiger partial charge is 0.354 e. The summed E-state index contributed by atoms with van der Waals surface area (Å²) in [6.07, 6.45) is 0. The summed E-state index contributed by atoms with van der Waals surface area (Å²) in [5, 5.41) is 4.04. The van der Waals surface area contributed by atoms with Gasteiger partial charge in [0.2, 0.25) is 0 Å². The summed E-state index contributed by atoms with van der Waals surface area (Å²) >= 11 is 12.0. The Hall–Kier alpha value is -1.51. The molecule has 0 heterocycles. The molecule has 0 aliphatic rings. The Kier molecular flexibility index (Phi) is 3.90. The maximum atomic E-state index is 11.5. The first kappa shape index (κ1) is 12.9. The molecule has 1 N–H and O–H groups in total. The normalized spacial score (nSPS) is 10.2. The van der Waals surface area contributed by atoms with E-state index < -0.39 is 0 Å². The number of halogens is 2. The van der Waals surface area contributed by atoms with Gasteiger partial charge in [0.05, 0.1) is 15.7 Å². The van der Waals surface area contributed by atoms with Crippen LogP contribution >= 0.6 is 23.2 Å². The fourth-order valence-corrected chi connectivity index (χ4v) is 1.99. The minimum atomic E-state index is -0.00347. The molecule has 0 saturated carbocycles. The van der Waals surface area contributed by atoms with E-state index in [4.69, 9.17) is 23.2 Å². The third-order valence-electron chi connectivity index (χ3n) is 2.53. The van der Waals surface area contributed by atoms with Crippen molar-refractivity contribution in [2.75, 3.05) is 5.32 Å². The fourth-order valence-electron chi connectivity index (χ4n) is 1.64. The lowest BCUT2D eigenvalue weighted by molar-refractivity contribution is 0.101. The highest BCUT2D eigenvalue weighted by molar-refractivity contribution is 6.43. The van der Waals surface area contributed by atoms with Gasteiger partial charge in [-0.1, -0.05) is 41.4 Å². The number of para-hydroxylation sites is 1. The molecule has 0 saturated heterocycles. The Bertz CT molecular complexity index is 596. The molecule has 0 aliphatic carbocycles. The lowest BCUT2D eigenvalue weighted by Gasteiger charge is -2.12. The van der Waals surface area contributed by atoms with Gasteiger partial charge in [-0.25, -0.2) is 0 Å². The maximum Gasteiger partial charge on any atom is 0.161 e. The summed E-state index contributed by atoms with van der Waals surface area (Å²) in [6.45, 7) is 1.53. The van der Waals surface area contributed by atoms with E-state index in [1.807, 2.05) is 24.3 Å². The molecule has 0 atom stereocenters.